The van der Waals surface area contributed by atoms with Crippen LogP contribution in [0.2, 0.25) is 0 Å². The summed E-state index contributed by atoms with van der Waals surface area (Å²) in [5.74, 6) is -0.196. The van der Waals surface area contributed by atoms with E-state index in [9.17, 15) is 4.79 Å². The quantitative estimate of drug-likeness (QED) is 0.521. The van der Waals surface area contributed by atoms with Gasteiger partial charge in [-0.2, -0.15) is 0 Å². The van der Waals surface area contributed by atoms with E-state index < -0.39 is 0 Å². The molecule has 0 aromatic heterocycles. The van der Waals surface area contributed by atoms with E-state index in [-0.39, 0.29) is 5.91 Å². The van der Waals surface area contributed by atoms with Crippen LogP contribution < -0.4 is 16.3 Å². The number of fused-ring (bicyclic) bond motifs is 1. The van der Waals surface area contributed by atoms with Crippen LogP contribution in [0.4, 0.5) is 5.69 Å². The largest absolute Gasteiger partial charge is 0.398 e. The van der Waals surface area contributed by atoms with Crippen molar-refractivity contribution in [1.82, 2.24) is 0 Å². The van der Waals surface area contributed by atoms with Gasteiger partial charge in [0.25, 0.3) is 5.91 Å². The molecule has 3 heteroatoms. The highest BCUT2D eigenvalue weighted by Crippen LogP contribution is 2.01. The summed E-state index contributed by atoms with van der Waals surface area (Å²) in [5, 5.41) is 1.59. The predicted molar refractivity (Wildman–Crippen MR) is 45.8 cm³/mol. The van der Waals surface area contributed by atoms with Gasteiger partial charge >= 0.3 is 0 Å². The molecule has 1 aromatic rings. The van der Waals surface area contributed by atoms with Crippen LogP contribution >= 0.6 is 0 Å². The third-order valence-electron chi connectivity index (χ3n) is 2.03. The summed E-state index contributed by atoms with van der Waals surface area (Å²) in [6.45, 7) is 1.89. The number of nitrogens with two attached hydrogens (primary N) is 1. The summed E-state index contributed by atoms with van der Waals surface area (Å²) in [4.78, 5) is 14.7. The van der Waals surface area contributed by atoms with Crippen LogP contribution in [0.3, 0.4) is 0 Å². The van der Waals surface area contributed by atoms with Crippen molar-refractivity contribution in [1.29, 1.82) is 0 Å². The molecule has 0 saturated heterocycles. The molecule has 0 spiro atoms. The van der Waals surface area contributed by atoms with E-state index in [4.69, 9.17) is 5.73 Å². The van der Waals surface area contributed by atoms with E-state index in [0.717, 1.165) is 16.1 Å². The van der Waals surface area contributed by atoms with E-state index in [2.05, 4.69) is 4.99 Å². The highest BCUT2D eigenvalue weighted by atomic mass is 16.1. The van der Waals surface area contributed by atoms with E-state index in [1.165, 1.54) is 6.08 Å². The summed E-state index contributed by atoms with van der Waals surface area (Å²) in [6.07, 6.45) is 1.51. The van der Waals surface area contributed by atoms with Crippen molar-refractivity contribution >= 4 is 17.7 Å². The fourth-order valence-corrected chi connectivity index (χ4v) is 1.29. The molecule has 0 unspecified atom stereocenters. The average molecular weight is 160 g/mol. The second-order valence-corrected chi connectivity index (χ2v) is 2.81. The minimum Gasteiger partial charge on any atom is -0.398 e. The maximum atomic E-state index is 10.9. The summed E-state index contributed by atoms with van der Waals surface area (Å²) >= 11 is 0. The summed E-state index contributed by atoms with van der Waals surface area (Å²) in [6, 6.07) is 3.53. The van der Waals surface area contributed by atoms with Gasteiger partial charge in [0.05, 0.1) is 5.36 Å². The van der Waals surface area contributed by atoms with Crippen LogP contribution in [0.1, 0.15) is 5.56 Å². The number of rotatable bonds is 0. The van der Waals surface area contributed by atoms with Crippen molar-refractivity contribution < 1.29 is 4.79 Å². The first-order valence-corrected chi connectivity index (χ1v) is 3.68. The lowest BCUT2D eigenvalue weighted by Gasteiger charge is -1.96. The predicted octanol–water partition coefficient (Wildman–Crippen LogP) is -0.482. The first-order chi connectivity index (χ1) is 5.68. The molecule has 1 heterocycles. The number of hydrogen-bond donors (Lipinski definition) is 1. The molecule has 0 radical (unpaired) electrons. The van der Waals surface area contributed by atoms with Crippen LogP contribution in [-0.4, -0.2) is 5.91 Å². The Labute approximate surface area is 69.2 Å². The second kappa shape index (κ2) is 2.17. The molecule has 1 aliphatic heterocycles. The Balaban J connectivity index is 2.96. The van der Waals surface area contributed by atoms with Gasteiger partial charge in [-0.25, -0.2) is 4.99 Å². The minimum absolute atomic E-state index is 0.196. The third kappa shape index (κ3) is 0.830. The van der Waals surface area contributed by atoms with Gasteiger partial charge in [-0.3, -0.25) is 4.79 Å². The van der Waals surface area contributed by atoms with Crippen molar-refractivity contribution in [2.75, 3.05) is 5.73 Å². The third-order valence-corrected chi connectivity index (χ3v) is 2.03. The summed E-state index contributed by atoms with van der Waals surface area (Å²) in [5.41, 5.74) is 7.30. The second-order valence-electron chi connectivity index (χ2n) is 2.81. The standard InChI is InChI=1S/C9H8N2O/c1-5-6-4-9(12)11-8(6)3-2-7(5)10/h2-4H,10H2,1H3. The maximum absolute atomic E-state index is 10.9. The number of carbonyl (C=O) groups excluding carboxylic acids is 1. The number of benzene rings is 1. The van der Waals surface area contributed by atoms with E-state index >= 15 is 0 Å². The van der Waals surface area contributed by atoms with Crippen molar-refractivity contribution in [2.24, 2.45) is 4.99 Å². The Bertz CT molecular complexity index is 474. The van der Waals surface area contributed by atoms with Gasteiger partial charge in [0.15, 0.2) is 0 Å². The van der Waals surface area contributed by atoms with Crippen LogP contribution in [0, 0.1) is 6.92 Å². The number of hydrogen-bond acceptors (Lipinski definition) is 2. The first kappa shape index (κ1) is 7.03. The fraction of sp³-hybridized carbons (Fsp3) is 0.111. The molecule has 2 N–H and O–H groups in total. The maximum Gasteiger partial charge on any atom is 0.270 e. The molecule has 1 aliphatic rings. The van der Waals surface area contributed by atoms with Crippen molar-refractivity contribution in [3.8, 4) is 0 Å². The molecule has 0 aliphatic carbocycles. The first-order valence-electron chi connectivity index (χ1n) is 3.68. The molecule has 1 aromatic carbocycles. The van der Waals surface area contributed by atoms with Gasteiger partial charge in [0.2, 0.25) is 0 Å². The molecule has 3 nitrogen and oxygen atoms in total. The molecule has 0 fully saturated rings. The summed E-state index contributed by atoms with van der Waals surface area (Å²) < 4.78 is 0. The van der Waals surface area contributed by atoms with Crippen molar-refractivity contribution in [3.05, 3.63) is 28.3 Å². The Morgan fingerprint density at radius 1 is 1.42 bits per heavy atom. The van der Waals surface area contributed by atoms with Gasteiger partial charge in [0.1, 0.15) is 0 Å². The SMILES string of the molecule is Cc1c(N)ccc2c1=CC(=O)N=2. The van der Waals surface area contributed by atoms with Gasteiger partial charge in [0, 0.05) is 17.0 Å². The molecule has 0 atom stereocenters. The highest BCUT2D eigenvalue weighted by Gasteiger charge is 2.06. The zero-order valence-electron chi connectivity index (χ0n) is 6.66. The van der Waals surface area contributed by atoms with Gasteiger partial charge in [-0.1, -0.05) is 0 Å². The Kier molecular flexibility index (Phi) is 1.27. The number of carbonyl (C=O) groups is 1. The number of anilines is 1. The summed E-state index contributed by atoms with van der Waals surface area (Å²) in [7, 11) is 0. The molecule has 0 bridgehead atoms. The smallest absolute Gasteiger partial charge is 0.270 e. The number of nitrogens with zero attached hydrogens (tertiary/aromatic N) is 1. The molecule has 2 rings (SSSR count). The van der Waals surface area contributed by atoms with Crippen LogP contribution in [0.25, 0.3) is 6.08 Å². The molecule has 12 heavy (non-hydrogen) atoms. The molecule has 60 valence electrons. The van der Waals surface area contributed by atoms with Crippen LogP contribution in [-0.2, 0) is 4.79 Å². The van der Waals surface area contributed by atoms with E-state index in [0.29, 0.717) is 5.69 Å². The lowest BCUT2D eigenvalue weighted by molar-refractivity contribution is -0.112. The van der Waals surface area contributed by atoms with Crippen LogP contribution in [0.5, 0.6) is 0 Å². The van der Waals surface area contributed by atoms with Gasteiger partial charge in [-0.05, 0) is 24.6 Å². The minimum atomic E-state index is -0.196. The molecule has 0 saturated carbocycles. The fourth-order valence-electron chi connectivity index (χ4n) is 1.29. The lowest BCUT2D eigenvalue weighted by Crippen LogP contribution is -2.25. The van der Waals surface area contributed by atoms with Crippen LogP contribution in [0.15, 0.2) is 17.1 Å². The van der Waals surface area contributed by atoms with E-state index in [1.807, 2.05) is 6.92 Å². The van der Waals surface area contributed by atoms with Gasteiger partial charge < -0.3 is 5.73 Å². The highest BCUT2D eigenvalue weighted by molar-refractivity contribution is 6.06. The van der Waals surface area contributed by atoms with Crippen molar-refractivity contribution in [2.45, 2.75) is 6.92 Å². The number of nitrogen functional groups attached to an aromatic ring is 1. The van der Waals surface area contributed by atoms with Gasteiger partial charge in [-0.15, -0.1) is 0 Å². The monoisotopic (exact) mass is 160 g/mol. The Hall–Kier alpha value is -1.64. The molecular formula is C9H8N2O. The zero-order valence-corrected chi connectivity index (χ0v) is 6.66. The lowest BCUT2D eigenvalue weighted by atomic mass is 10.1. The zero-order chi connectivity index (χ0) is 8.72. The molecular weight excluding hydrogens is 152 g/mol. The average Bonchev–Trinajstić information content (AvgIpc) is 2.39. The number of amides is 1. The molecule has 1 amide bonds. The topological polar surface area (TPSA) is 55.5 Å². The normalized spacial score (nSPS) is 13.6. The van der Waals surface area contributed by atoms with E-state index in [1.54, 1.807) is 12.1 Å². The Morgan fingerprint density at radius 2 is 2.17 bits per heavy atom. The van der Waals surface area contributed by atoms with Crippen molar-refractivity contribution in [3.63, 3.8) is 0 Å². The Morgan fingerprint density at radius 3 is 2.92 bits per heavy atom.